The van der Waals surface area contributed by atoms with Crippen molar-refractivity contribution in [2.45, 2.75) is 5.09 Å². The number of hydrogen-bond acceptors (Lipinski definition) is 0. The van der Waals surface area contributed by atoms with E-state index in [-0.39, 0.29) is 5.48 Å². The van der Waals surface area contributed by atoms with E-state index < -0.39 is 0 Å². The van der Waals surface area contributed by atoms with Gasteiger partial charge in [-0.05, 0) is 0 Å². The van der Waals surface area contributed by atoms with Crippen molar-refractivity contribution in [1.82, 2.24) is 0 Å². The van der Waals surface area contributed by atoms with Gasteiger partial charge in [0.1, 0.15) is 0 Å². The van der Waals surface area contributed by atoms with Crippen LogP contribution in [0.1, 0.15) is 0 Å². The van der Waals surface area contributed by atoms with Crippen molar-refractivity contribution in [3.63, 3.8) is 0 Å². The van der Waals surface area contributed by atoms with E-state index in [0.717, 1.165) is 5.09 Å². The molecule has 0 spiro atoms. The van der Waals surface area contributed by atoms with E-state index in [2.05, 4.69) is 24.3 Å². The van der Waals surface area contributed by atoms with Gasteiger partial charge in [0.05, 0.1) is 0 Å². The second kappa shape index (κ2) is 8.85. The van der Waals surface area contributed by atoms with Crippen LogP contribution in [0, 0.1) is 0 Å². The van der Waals surface area contributed by atoms with Crippen LogP contribution in [0.5, 0.6) is 0 Å². The first-order chi connectivity index (χ1) is 1.91. The summed E-state index contributed by atoms with van der Waals surface area (Å²) in [4.78, 5) is 0. The average molecular weight is 66.0 g/mol. The van der Waals surface area contributed by atoms with Crippen LogP contribution < -0.4 is 0 Å². The van der Waals surface area contributed by atoms with E-state index in [0.29, 0.717) is 0 Å². The summed E-state index contributed by atoms with van der Waals surface area (Å²) in [7, 11) is 0. The van der Waals surface area contributed by atoms with Gasteiger partial charge in [-0.1, -0.05) is 0 Å². The molecule has 0 aromatic carbocycles. The molecule has 26 valence electrons. The van der Waals surface area contributed by atoms with Gasteiger partial charge in [0.25, 0.3) is 0 Å². The molecule has 0 aliphatic heterocycles. The quantitative estimate of drug-likeness (QED) is 0.303. The Labute approximate surface area is 41.6 Å². The van der Waals surface area contributed by atoms with Crippen molar-refractivity contribution in [1.29, 1.82) is 0 Å². The molecule has 0 saturated heterocycles. The topological polar surface area (TPSA) is 31.5 Å². The average Bonchev–Trinajstić information content (AvgIpc) is 1.37. The molecule has 0 heterocycles. The predicted molar refractivity (Wildman–Crippen MR) is 24.4 cm³/mol. The van der Waals surface area contributed by atoms with Gasteiger partial charge in [-0.15, -0.1) is 0 Å². The van der Waals surface area contributed by atoms with Gasteiger partial charge in [-0.25, -0.2) is 0 Å². The third-order valence-corrected chi connectivity index (χ3v) is 0.289. The molecular formula is C3H7LiO. The van der Waals surface area contributed by atoms with Gasteiger partial charge < -0.3 is 5.48 Å². The molecule has 0 aliphatic rings. The third-order valence-electron chi connectivity index (χ3n) is 0.289. The van der Waals surface area contributed by atoms with Crippen LogP contribution in [0.2, 0.25) is 5.09 Å². The Morgan fingerprint density at radius 1 is 1.80 bits per heavy atom. The Bertz CT molecular complexity index is 20.9. The maximum atomic E-state index is 3.48. The van der Waals surface area contributed by atoms with Crippen LogP contribution >= 0.6 is 0 Å². The van der Waals surface area contributed by atoms with E-state index in [1.807, 2.05) is 6.08 Å². The summed E-state index contributed by atoms with van der Waals surface area (Å²) in [5.74, 6) is 0. The second-order valence-corrected chi connectivity index (χ2v) is 0.697. The molecular weight excluding hydrogens is 59.0 g/mol. The summed E-state index contributed by atoms with van der Waals surface area (Å²) in [6.45, 7) is 3.48. The Hall–Kier alpha value is 0.297. The van der Waals surface area contributed by atoms with Gasteiger partial charge in [-0.3, -0.25) is 0 Å². The summed E-state index contributed by atoms with van der Waals surface area (Å²) in [5, 5.41) is 1.08. The summed E-state index contributed by atoms with van der Waals surface area (Å²) in [6.07, 6.45) is 1.88. The molecule has 1 nitrogen and oxygen atoms in total. The molecule has 0 radical (unpaired) electrons. The van der Waals surface area contributed by atoms with E-state index in [1.165, 1.54) is 0 Å². The van der Waals surface area contributed by atoms with Gasteiger partial charge in [0, 0.05) is 0 Å². The molecule has 0 unspecified atom stereocenters. The first-order valence-electron chi connectivity index (χ1n) is 1.52. The summed E-state index contributed by atoms with van der Waals surface area (Å²) < 4.78 is 0. The number of rotatable bonds is 1. The number of hydrogen-bond donors (Lipinski definition) is 0. The Morgan fingerprint density at radius 2 is 2.00 bits per heavy atom. The molecule has 0 amide bonds. The monoisotopic (exact) mass is 66.1 g/mol. The molecule has 0 atom stereocenters. The van der Waals surface area contributed by atoms with Crippen molar-refractivity contribution in [2.75, 3.05) is 0 Å². The van der Waals surface area contributed by atoms with Crippen LogP contribution in [0.25, 0.3) is 0 Å². The third kappa shape index (κ3) is 13.5. The fourth-order valence-corrected chi connectivity index (χ4v) is 0. The molecule has 0 aromatic rings. The van der Waals surface area contributed by atoms with Crippen molar-refractivity contribution in [2.24, 2.45) is 0 Å². The SMILES string of the molecule is O.[Li][CH2]C=C. The second-order valence-electron chi connectivity index (χ2n) is 0.697. The normalized spacial score (nSPS) is 5.20. The molecule has 2 N–H and O–H groups in total. The van der Waals surface area contributed by atoms with E-state index in [1.54, 1.807) is 0 Å². The van der Waals surface area contributed by atoms with Crippen molar-refractivity contribution in [3.8, 4) is 0 Å². The molecule has 0 fully saturated rings. The first kappa shape index (κ1) is 9.00. The summed E-state index contributed by atoms with van der Waals surface area (Å²) in [5.41, 5.74) is 0. The molecule has 0 aromatic heterocycles. The molecule has 0 saturated carbocycles. The van der Waals surface area contributed by atoms with Gasteiger partial charge in [-0.2, -0.15) is 0 Å². The van der Waals surface area contributed by atoms with Crippen LogP contribution in [-0.2, 0) is 0 Å². The first-order valence-corrected chi connectivity index (χ1v) is 1.52. The van der Waals surface area contributed by atoms with Crippen molar-refractivity contribution >= 4 is 17.7 Å². The number of allylic oxidation sites excluding steroid dienone is 1. The standard InChI is InChI=1S/C3H5.Li.H2O/c1-3-2;;/h3H,1-2H2;;1H2. The fourth-order valence-electron chi connectivity index (χ4n) is 0. The van der Waals surface area contributed by atoms with Crippen LogP contribution in [0.15, 0.2) is 12.7 Å². The fraction of sp³-hybridized carbons (Fsp3) is 0.333. The Morgan fingerprint density at radius 3 is 2.00 bits per heavy atom. The van der Waals surface area contributed by atoms with Crippen LogP contribution in [-0.4, -0.2) is 23.2 Å². The van der Waals surface area contributed by atoms with E-state index in [4.69, 9.17) is 0 Å². The molecule has 0 bridgehead atoms. The minimum atomic E-state index is 0. The molecule has 0 rings (SSSR count). The molecule has 5 heavy (non-hydrogen) atoms. The minimum absolute atomic E-state index is 0. The van der Waals surface area contributed by atoms with E-state index in [9.17, 15) is 0 Å². The zero-order valence-electron chi connectivity index (χ0n) is 3.49. The molecule has 2 heteroatoms. The maximum absolute atomic E-state index is 3.48. The summed E-state index contributed by atoms with van der Waals surface area (Å²) in [6, 6.07) is 0. The Balaban J connectivity index is 0. The zero-order chi connectivity index (χ0) is 3.41. The van der Waals surface area contributed by atoms with Gasteiger partial charge in [0.15, 0.2) is 0 Å². The summed E-state index contributed by atoms with van der Waals surface area (Å²) >= 11 is 2.06. The molecule has 0 aliphatic carbocycles. The van der Waals surface area contributed by atoms with Crippen molar-refractivity contribution in [3.05, 3.63) is 12.7 Å². The van der Waals surface area contributed by atoms with Gasteiger partial charge in [0.2, 0.25) is 0 Å². The predicted octanol–water partition coefficient (Wildman–Crippen LogP) is -0.0655. The van der Waals surface area contributed by atoms with E-state index >= 15 is 0 Å². The van der Waals surface area contributed by atoms with Crippen LogP contribution in [0.3, 0.4) is 0 Å². The van der Waals surface area contributed by atoms with Gasteiger partial charge >= 0.3 is 35.5 Å². The zero-order valence-corrected chi connectivity index (χ0v) is 3.49. The van der Waals surface area contributed by atoms with Crippen LogP contribution in [0.4, 0.5) is 0 Å². The Kier molecular flexibility index (Phi) is 15.9. The van der Waals surface area contributed by atoms with Crippen molar-refractivity contribution < 1.29 is 5.48 Å².